The van der Waals surface area contributed by atoms with Gasteiger partial charge in [0, 0.05) is 5.56 Å². The van der Waals surface area contributed by atoms with Crippen molar-refractivity contribution in [3.63, 3.8) is 0 Å². The van der Waals surface area contributed by atoms with Crippen LogP contribution in [-0.4, -0.2) is 19.3 Å². The Bertz CT molecular complexity index is 721. The second kappa shape index (κ2) is 8.28. The third-order valence-electron chi connectivity index (χ3n) is 2.75. The highest BCUT2D eigenvalue weighted by molar-refractivity contribution is 9.10. The van der Waals surface area contributed by atoms with Crippen LogP contribution in [-0.2, 0) is 21.0 Å². The van der Waals surface area contributed by atoms with Crippen LogP contribution in [0.5, 0.6) is 11.5 Å². The van der Waals surface area contributed by atoms with Gasteiger partial charge in [-0.15, -0.1) is 0 Å². The lowest BCUT2D eigenvalue weighted by molar-refractivity contribution is -0.132. The Morgan fingerprint density at radius 2 is 2.09 bits per heavy atom. The second-order valence-corrected chi connectivity index (χ2v) is 5.17. The number of nitrogens with zero attached hydrogens (tertiary/aromatic N) is 1. The minimum atomic E-state index is -0.606. The number of rotatable bonds is 6. The molecule has 0 N–H and O–H groups in total. The molecular formula is C16H13BrFNO4. The van der Waals surface area contributed by atoms with Gasteiger partial charge in [-0.2, -0.15) is 0 Å². The van der Waals surface area contributed by atoms with Gasteiger partial charge >= 0.3 is 5.97 Å². The molecule has 0 bridgehead atoms. The van der Waals surface area contributed by atoms with Gasteiger partial charge in [0.15, 0.2) is 6.21 Å². The molecular weight excluding hydrogens is 369 g/mol. The van der Waals surface area contributed by atoms with Crippen molar-refractivity contribution in [1.82, 2.24) is 0 Å². The molecule has 0 fully saturated rings. The number of ether oxygens (including phenoxy) is 2. The Balaban J connectivity index is 2.06. The first-order valence-corrected chi connectivity index (χ1v) is 7.33. The first-order chi connectivity index (χ1) is 11.1. The van der Waals surface area contributed by atoms with Crippen molar-refractivity contribution in [2.24, 2.45) is 5.16 Å². The van der Waals surface area contributed by atoms with Crippen molar-refractivity contribution in [2.75, 3.05) is 7.11 Å². The van der Waals surface area contributed by atoms with Gasteiger partial charge in [0.25, 0.3) is 0 Å². The fraction of sp³-hybridized carbons (Fsp3) is 0.125. The summed E-state index contributed by atoms with van der Waals surface area (Å²) in [6.45, 7) is 0.103. The quantitative estimate of drug-likeness (QED) is 0.430. The van der Waals surface area contributed by atoms with Crippen molar-refractivity contribution in [3.8, 4) is 11.5 Å². The van der Waals surface area contributed by atoms with Gasteiger partial charge in [-0.25, -0.2) is 9.18 Å². The summed E-state index contributed by atoms with van der Waals surface area (Å²) in [5.41, 5.74) is 0.718. The van der Waals surface area contributed by atoms with Gasteiger partial charge < -0.3 is 14.3 Å². The molecule has 0 atom stereocenters. The summed E-state index contributed by atoms with van der Waals surface area (Å²) in [5.74, 6) is 0.0416. The highest BCUT2D eigenvalue weighted by atomic mass is 79.9. The zero-order valence-corrected chi connectivity index (χ0v) is 13.7. The summed E-state index contributed by atoms with van der Waals surface area (Å²) < 4.78 is 23.7. The van der Waals surface area contributed by atoms with E-state index in [1.54, 1.807) is 18.2 Å². The molecule has 2 aromatic carbocycles. The molecule has 0 heterocycles. The van der Waals surface area contributed by atoms with E-state index < -0.39 is 5.97 Å². The number of carbonyl (C=O) groups is 1. The zero-order valence-electron chi connectivity index (χ0n) is 12.2. The van der Waals surface area contributed by atoms with Crippen LogP contribution >= 0.6 is 15.9 Å². The lowest BCUT2D eigenvalue weighted by Gasteiger charge is -2.10. The average Bonchev–Trinajstić information content (AvgIpc) is 2.56. The van der Waals surface area contributed by atoms with Crippen molar-refractivity contribution in [3.05, 3.63) is 58.3 Å². The lowest BCUT2D eigenvalue weighted by Crippen LogP contribution is -2.01. The predicted octanol–water partition coefficient (Wildman–Crippen LogP) is 4.06. The summed E-state index contributed by atoms with van der Waals surface area (Å²) in [7, 11) is 1.25. The Morgan fingerprint density at radius 1 is 1.30 bits per heavy atom. The standard InChI is InChI=1S/C16H13BrFNO4/c1-21-16(20)9-19-22-10-11-4-2-3-5-15(11)23-12-6-7-14(18)13(17)8-12/h2-9H,10H2,1H3. The number of hydrogen-bond acceptors (Lipinski definition) is 5. The molecule has 0 aliphatic heterocycles. The largest absolute Gasteiger partial charge is 0.465 e. The van der Waals surface area contributed by atoms with Crippen molar-refractivity contribution in [1.29, 1.82) is 0 Å². The Kier molecular flexibility index (Phi) is 6.10. The van der Waals surface area contributed by atoms with Crippen LogP contribution in [0.15, 0.2) is 52.1 Å². The molecule has 23 heavy (non-hydrogen) atoms. The van der Waals surface area contributed by atoms with E-state index in [1.165, 1.54) is 25.3 Å². The molecule has 0 aliphatic carbocycles. The molecule has 0 radical (unpaired) electrons. The maximum atomic E-state index is 13.2. The number of halogens is 2. The Labute approximate surface area is 140 Å². The molecule has 5 nitrogen and oxygen atoms in total. The van der Waals surface area contributed by atoms with E-state index in [0.717, 1.165) is 11.8 Å². The number of benzene rings is 2. The number of methoxy groups -OCH3 is 1. The van der Waals surface area contributed by atoms with Crippen molar-refractivity contribution < 1.29 is 23.5 Å². The Morgan fingerprint density at radius 3 is 2.83 bits per heavy atom. The molecule has 7 heteroatoms. The molecule has 0 unspecified atom stereocenters. The van der Waals surface area contributed by atoms with Gasteiger partial charge in [0.2, 0.25) is 0 Å². The average molecular weight is 382 g/mol. The number of para-hydroxylation sites is 1. The maximum absolute atomic E-state index is 13.2. The third kappa shape index (κ3) is 5.07. The number of oxime groups is 1. The van der Waals surface area contributed by atoms with Gasteiger partial charge in [0.05, 0.1) is 11.6 Å². The highest BCUT2D eigenvalue weighted by Crippen LogP contribution is 2.28. The SMILES string of the molecule is COC(=O)C=NOCc1ccccc1Oc1ccc(F)c(Br)c1. The molecule has 0 aromatic heterocycles. The van der Waals surface area contributed by atoms with Crippen LogP contribution in [0.2, 0.25) is 0 Å². The number of esters is 1. The summed E-state index contributed by atoms with van der Waals surface area (Å²) in [6.07, 6.45) is 0.931. The monoisotopic (exact) mass is 381 g/mol. The van der Waals surface area contributed by atoms with Gasteiger partial charge in [-0.3, -0.25) is 0 Å². The van der Waals surface area contributed by atoms with Crippen molar-refractivity contribution in [2.45, 2.75) is 6.61 Å². The smallest absolute Gasteiger partial charge is 0.352 e. The zero-order chi connectivity index (χ0) is 16.7. The molecule has 120 valence electrons. The number of hydrogen-bond donors (Lipinski definition) is 0. The van der Waals surface area contributed by atoms with E-state index in [9.17, 15) is 9.18 Å². The normalized spacial score (nSPS) is 10.6. The van der Waals surface area contributed by atoms with Crippen LogP contribution in [0.1, 0.15) is 5.56 Å². The van der Waals surface area contributed by atoms with E-state index in [0.29, 0.717) is 16.0 Å². The molecule has 2 aromatic rings. The van der Waals surface area contributed by atoms with E-state index in [-0.39, 0.29) is 12.4 Å². The predicted molar refractivity (Wildman–Crippen MR) is 85.9 cm³/mol. The molecule has 0 saturated heterocycles. The summed E-state index contributed by atoms with van der Waals surface area (Å²) in [6, 6.07) is 11.5. The molecule has 0 aliphatic rings. The molecule has 0 spiro atoms. The van der Waals surface area contributed by atoms with E-state index in [2.05, 4.69) is 25.8 Å². The first kappa shape index (κ1) is 17.0. The van der Waals surface area contributed by atoms with Crippen LogP contribution < -0.4 is 4.74 Å². The Hall–Kier alpha value is -2.41. The van der Waals surface area contributed by atoms with Crippen LogP contribution in [0.4, 0.5) is 4.39 Å². The molecule has 0 saturated carbocycles. The van der Waals surface area contributed by atoms with Gasteiger partial charge in [0.1, 0.15) is 23.9 Å². The third-order valence-corrected chi connectivity index (χ3v) is 3.35. The summed E-state index contributed by atoms with van der Waals surface area (Å²) in [4.78, 5) is 15.9. The summed E-state index contributed by atoms with van der Waals surface area (Å²) >= 11 is 3.11. The minimum Gasteiger partial charge on any atom is -0.465 e. The molecule has 0 amide bonds. The highest BCUT2D eigenvalue weighted by Gasteiger charge is 2.07. The van der Waals surface area contributed by atoms with E-state index in [1.807, 2.05) is 6.07 Å². The molecule has 2 rings (SSSR count). The fourth-order valence-corrected chi connectivity index (χ4v) is 1.99. The van der Waals surface area contributed by atoms with Gasteiger partial charge in [-0.05, 0) is 40.2 Å². The topological polar surface area (TPSA) is 57.1 Å². The van der Waals surface area contributed by atoms with Crippen LogP contribution in [0.3, 0.4) is 0 Å². The minimum absolute atomic E-state index is 0.103. The van der Waals surface area contributed by atoms with Gasteiger partial charge in [-0.1, -0.05) is 23.4 Å². The van der Waals surface area contributed by atoms with Crippen LogP contribution in [0, 0.1) is 5.82 Å². The van der Waals surface area contributed by atoms with E-state index >= 15 is 0 Å². The second-order valence-electron chi connectivity index (χ2n) is 4.32. The van der Waals surface area contributed by atoms with Crippen molar-refractivity contribution >= 4 is 28.1 Å². The maximum Gasteiger partial charge on any atom is 0.352 e. The lowest BCUT2D eigenvalue weighted by atomic mass is 10.2. The first-order valence-electron chi connectivity index (χ1n) is 6.54. The summed E-state index contributed by atoms with van der Waals surface area (Å²) in [5, 5.41) is 3.50. The fourth-order valence-electron chi connectivity index (χ4n) is 1.63. The number of carbonyl (C=O) groups excluding carboxylic acids is 1. The van der Waals surface area contributed by atoms with Crippen LogP contribution in [0.25, 0.3) is 0 Å². The van der Waals surface area contributed by atoms with E-state index in [4.69, 9.17) is 9.57 Å².